The zero-order valence-corrected chi connectivity index (χ0v) is 19.5. The average molecular weight is 467 g/mol. The molecule has 1 N–H and O–H groups in total. The first-order valence-corrected chi connectivity index (χ1v) is 11.5. The van der Waals surface area contributed by atoms with Crippen LogP contribution in [0.15, 0.2) is 41.2 Å². The second kappa shape index (κ2) is 8.55. The maximum absolute atomic E-state index is 13.1. The summed E-state index contributed by atoms with van der Waals surface area (Å²) in [7, 11) is 0. The van der Waals surface area contributed by atoms with Crippen LogP contribution in [0.25, 0.3) is 10.9 Å². The van der Waals surface area contributed by atoms with Crippen molar-refractivity contribution in [3.8, 4) is 11.5 Å². The molecule has 2 aliphatic rings. The predicted octanol–water partition coefficient (Wildman–Crippen LogP) is 3.22. The summed E-state index contributed by atoms with van der Waals surface area (Å²) in [5, 5.41) is 0.459. The molecule has 0 bridgehead atoms. The molecule has 3 aromatic rings. The van der Waals surface area contributed by atoms with Gasteiger partial charge in [0, 0.05) is 50.4 Å². The van der Waals surface area contributed by atoms with Crippen molar-refractivity contribution in [3.63, 3.8) is 0 Å². The van der Waals surface area contributed by atoms with Crippen LogP contribution in [0.3, 0.4) is 0 Å². The Morgan fingerprint density at radius 3 is 2.73 bits per heavy atom. The summed E-state index contributed by atoms with van der Waals surface area (Å²) in [5.41, 5.74) is 2.76. The number of hydrogen-bond donors (Lipinski definition) is 1. The first kappa shape index (κ1) is 21.5. The molecule has 33 heavy (non-hydrogen) atoms. The number of hydrogen-bond acceptors (Lipinski definition) is 6. The van der Waals surface area contributed by atoms with E-state index in [1.807, 2.05) is 4.90 Å². The van der Waals surface area contributed by atoms with Crippen molar-refractivity contribution >= 4 is 34.7 Å². The van der Waals surface area contributed by atoms with Crippen LogP contribution < -0.4 is 19.9 Å². The van der Waals surface area contributed by atoms with Gasteiger partial charge in [-0.1, -0.05) is 12.1 Å². The van der Waals surface area contributed by atoms with Gasteiger partial charge in [-0.25, -0.2) is 0 Å². The molecule has 1 aromatic heterocycles. The van der Waals surface area contributed by atoms with E-state index in [2.05, 4.69) is 48.0 Å². The maximum atomic E-state index is 13.1. The third-order valence-corrected chi connectivity index (χ3v) is 6.66. The highest BCUT2D eigenvalue weighted by Crippen LogP contribution is 2.34. The van der Waals surface area contributed by atoms with Crippen LogP contribution in [0.5, 0.6) is 11.5 Å². The van der Waals surface area contributed by atoms with E-state index in [9.17, 15) is 9.59 Å². The van der Waals surface area contributed by atoms with E-state index in [1.54, 1.807) is 12.1 Å². The van der Waals surface area contributed by atoms with Crippen molar-refractivity contribution < 1.29 is 14.3 Å². The Balaban J connectivity index is 1.28. The molecule has 1 fully saturated rings. The molecule has 3 heterocycles. The largest absolute Gasteiger partial charge is 0.454 e. The SMILES string of the molecule is Cc1cccc(N2CCN(C(=O)CCn3c(=S)[nH]c4cc5c(cc4c3=O)OCO5)C[C@H]2C)c1. The molecule has 0 unspecified atom stereocenters. The van der Waals surface area contributed by atoms with Crippen molar-refractivity contribution in [1.82, 2.24) is 14.5 Å². The van der Waals surface area contributed by atoms with E-state index in [-0.39, 0.29) is 42.0 Å². The number of benzene rings is 2. The maximum Gasteiger partial charge on any atom is 0.262 e. The van der Waals surface area contributed by atoms with Crippen molar-refractivity contribution in [2.24, 2.45) is 0 Å². The second-order valence-corrected chi connectivity index (χ2v) is 9.00. The van der Waals surface area contributed by atoms with Gasteiger partial charge in [0.25, 0.3) is 5.56 Å². The molecular weight excluding hydrogens is 440 g/mol. The van der Waals surface area contributed by atoms with E-state index in [1.165, 1.54) is 15.8 Å². The van der Waals surface area contributed by atoms with E-state index in [4.69, 9.17) is 21.7 Å². The lowest BCUT2D eigenvalue weighted by Crippen LogP contribution is -2.54. The molecule has 1 amide bonds. The number of carbonyl (C=O) groups is 1. The number of ether oxygens (including phenoxy) is 2. The number of anilines is 1. The van der Waals surface area contributed by atoms with Crippen molar-refractivity contribution in [3.05, 3.63) is 57.1 Å². The Bertz CT molecular complexity index is 1350. The van der Waals surface area contributed by atoms with E-state index in [0.29, 0.717) is 35.5 Å². The van der Waals surface area contributed by atoms with Gasteiger partial charge in [0.15, 0.2) is 16.3 Å². The fourth-order valence-corrected chi connectivity index (χ4v) is 4.87. The third-order valence-electron chi connectivity index (χ3n) is 6.34. The molecule has 1 atom stereocenters. The number of aromatic amines is 1. The number of carbonyl (C=O) groups excluding carboxylic acids is 1. The number of fused-ring (bicyclic) bond motifs is 2. The summed E-state index contributed by atoms with van der Waals surface area (Å²) >= 11 is 5.41. The molecule has 9 heteroatoms. The topological polar surface area (TPSA) is 79.8 Å². The van der Waals surface area contributed by atoms with Gasteiger partial charge in [-0.05, 0) is 49.8 Å². The summed E-state index contributed by atoms with van der Waals surface area (Å²) < 4.78 is 12.5. The van der Waals surface area contributed by atoms with Crippen molar-refractivity contribution in [2.75, 3.05) is 31.3 Å². The van der Waals surface area contributed by atoms with E-state index >= 15 is 0 Å². The standard InChI is InChI=1S/C24H26N4O4S/c1-15-4-3-5-17(10-15)27-9-8-26(13-16(27)2)22(29)6-7-28-23(30)18-11-20-21(32-14-31-20)12-19(18)25-24(28)33/h3-5,10-12,16H,6-9,13-14H2,1-2H3,(H,25,33)/t16-/m1/s1. The van der Waals surface area contributed by atoms with Gasteiger partial charge in [0.05, 0.1) is 10.9 Å². The Morgan fingerprint density at radius 2 is 1.97 bits per heavy atom. The van der Waals surface area contributed by atoms with Gasteiger partial charge < -0.3 is 24.3 Å². The Morgan fingerprint density at radius 1 is 1.18 bits per heavy atom. The summed E-state index contributed by atoms with van der Waals surface area (Å²) in [6, 6.07) is 12.0. The van der Waals surface area contributed by atoms with Gasteiger partial charge in [-0.2, -0.15) is 0 Å². The van der Waals surface area contributed by atoms with Crippen LogP contribution in [0.4, 0.5) is 5.69 Å². The monoisotopic (exact) mass is 466 g/mol. The lowest BCUT2D eigenvalue weighted by Gasteiger charge is -2.41. The number of amides is 1. The number of nitrogens with zero attached hydrogens (tertiary/aromatic N) is 3. The number of aromatic nitrogens is 2. The molecule has 2 aliphatic heterocycles. The minimum absolute atomic E-state index is 0.0258. The molecule has 0 saturated carbocycles. The normalized spacial score (nSPS) is 17.6. The van der Waals surface area contributed by atoms with Gasteiger partial charge >= 0.3 is 0 Å². The minimum atomic E-state index is -0.238. The summed E-state index contributed by atoms with van der Waals surface area (Å²) in [6.45, 7) is 6.65. The lowest BCUT2D eigenvalue weighted by molar-refractivity contribution is -0.132. The fourth-order valence-electron chi connectivity index (χ4n) is 4.59. The first-order chi connectivity index (χ1) is 15.9. The van der Waals surface area contributed by atoms with Gasteiger partial charge in [-0.3, -0.25) is 14.2 Å². The number of rotatable bonds is 4. The molecular formula is C24H26N4O4S. The zero-order valence-electron chi connectivity index (χ0n) is 18.7. The highest BCUT2D eigenvalue weighted by molar-refractivity contribution is 7.71. The van der Waals surface area contributed by atoms with Gasteiger partial charge in [0.1, 0.15) is 0 Å². The lowest BCUT2D eigenvalue weighted by atomic mass is 10.1. The molecule has 2 aromatic carbocycles. The zero-order chi connectivity index (χ0) is 23.1. The van der Waals surface area contributed by atoms with Crippen LogP contribution >= 0.6 is 12.2 Å². The third kappa shape index (κ3) is 4.08. The Labute approximate surface area is 196 Å². The smallest absolute Gasteiger partial charge is 0.262 e. The predicted molar refractivity (Wildman–Crippen MR) is 129 cm³/mol. The fraction of sp³-hybridized carbons (Fsp3) is 0.375. The number of aryl methyl sites for hydroxylation is 1. The van der Waals surface area contributed by atoms with E-state index in [0.717, 1.165) is 6.54 Å². The number of nitrogens with one attached hydrogen (secondary N) is 1. The second-order valence-electron chi connectivity index (χ2n) is 8.61. The Hall–Kier alpha value is -3.33. The average Bonchev–Trinajstić information content (AvgIpc) is 3.25. The molecule has 1 saturated heterocycles. The van der Waals surface area contributed by atoms with Crippen LogP contribution in [0, 0.1) is 11.7 Å². The van der Waals surface area contributed by atoms with E-state index < -0.39 is 0 Å². The molecule has 0 aliphatic carbocycles. The minimum Gasteiger partial charge on any atom is -0.454 e. The first-order valence-electron chi connectivity index (χ1n) is 11.1. The van der Waals surface area contributed by atoms with Crippen LogP contribution in [-0.2, 0) is 11.3 Å². The van der Waals surface area contributed by atoms with Crippen molar-refractivity contribution in [1.29, 1.82) is 0 Å². The molecule has 172 valence electrons. The number of H-pyrrole nitrogens is 1. The van der Waals surface area contributed by atoms with Gasteiger partial charge in [-0.15, -0.1) is 0 Å². The highest BCUT2D eigenvalue weighted by Gasteiger charge is 2.27. The summed E-state index contributed by atoms with van der Waals surface area (Å²) in [5.74, 6) is 1.14. The molecule has 0 radical (unpaired) electrons. The quantitative estimate of drug-likeness (QED) is 0.595. The van der Waals surface area contributed by atoms with Crippen LogP contribution in [-0.4, -0.2) is 52.8 Å². The highest BCUT2D eigenvalue weighted by atomic mass is 32.1. The van der Waals surface area contributed by atoms with Crippen LogP contribution in [0.1, 0.15) is 18.9 Å². The summed E-state index contributed by atoms with van der Waals surface area (Å²) in [6.07, 6.45) is 0.213. The van der Waals surface area contributed by atoms with Crippen molar-refractivity contribution in [2.45, 2.75) is 32.9 Å². The van der Waals surface area contributed by atoms with Gasteiger partial charge in [0.2, 0.25) is 12.7 Å². The Kier molecular flexibility index (Phi) is 5.57. The summed E-state index contributed by atoms with van der Waals surface area (Å²) in [4.78, 5) is 33.3. The number of piperazine rings is 1. The van der Waals surface area contributed by atoms with Crippen LogP contribution in [0.2, 0.25) is 0 Å². The molecule has 5 rings (SSSR count). The molecule has 8 nitrogen and oxygen atoms in total. The molecule has 0 spiro atoms.